The lowest BCUT2D eigenvalue weighted by atomic mass is 10.00. The summed E-state index contributed by atoms with van der Waals surface area (Å²) in [5.41, 5.74) is 1.81. The van der Waals surface area contributed by atoms with Gasteiger partial charge in [0.1, 0.15) is 0 Å². The van der Waals surface area contributed by atoms with Gasteiger partial charge in [-0.15, -0.1) is 0 Å². The molecule has 20 heavy (non-hydrogen) atoms. The summed E-state index contributed by atoms with van der Waals surface area (Å²) in [6.07, 6.45) is -0.837. The first-order valence-corrected chi connectivity index (χ1v) is 6.30. The molecule has 0 heterocycles. The topological polar surface area (TPSA) is 29.5 Å². The van der Waals surface area contributed by atoms with Gasteiger partial charge in [-0.05, 0) is 22.8 Å². The van der Waals surface area contributed by atoms with Crippen LogP contribution in [0.5, 0.6) is 0 Å². The van der Waals surface area contributed by atoms with Crippen molar-refractivity contribution < 1.29 is 18.6 Å². The van der Waals surface area contributed by atoms with Crippen LogP contribution in [0.15, 0.2) is 42.5 Å². The largest absolute Gasteiger partial charge is 0.388 e. The zero-order valence-corrected chi connectivity index (χ0v) is 11.1. The second-order valence-corrected chi connectivity index (χ2v) is 4.61. The smallest absolute Gasteiger partial charge is 0.162 e. The molecule has 0 aliphatic rings. The molecule has 0 aromatic heterocycles. The Labute approximate surface area is 116 Å². The maximum Gasteiger partial charge on any atom is 0.162 e. The fourth-order valence-electron chi connectivity index (χ4n) is 2.03. The van der Waals surface area contributed by atoms with Crippen LogP contribution < -0.4 is 0 Å². The normalized spacial score (nSPS) is 12.4. The number of methoxy groups -OCH3 is 1. The monoisotopic (exact) mass is 278 g/mol. The van der Waals surface area contributed by atoms with E-state index in [2.05, 4.69) is 0 Å². The van der Waals surface area contributed by atoms with E-state index in [0.717, 1.165) is 11.6 Å². The van der Waals surface area contributed by atoms with Crippen LogP contribution in [-0.4, -0.2) is 12.2 Å². The van der Waals surface area contributed by atoms with Gasteiger partial charge in [-0.2, -0.15) is 0 Å². The van der Waals surface area contributed by atoms with E-state index in [1.807, 2.05) is 12.1 Å². The van der Waals surface area contributed by atoms with Gasteiger partial charge in [-0.1, -0.05) is 36.4 Å². The molecule has 0 saturated carbocycles. The van der Waals surface area contributed by atoms with Crippen molar-refractivity contribution in [2.75, 3.05) is 7.11 Å². The number of ether oxygens (including phenoxy) is 1. The molecule has 106 valence electrons. The van der Waals surface area contributed by atoms with E-state index >= 15 is 0 Å². The zero-order chi connectivity index (χ0) is 14.5. The third-order valence-corrected chi connectivity index (χ3v) is 3.12. The average Bonchev–Trinajstić information content (AvgIpc) is 2.45. The fourth-order valence-corrected chi connectivity index (χ4v) is 2.03. The van der Waals surface area contributed by atoms with E-state index in [0.29, 0.717) is 12.2 Å². The molecule has 0 spiro atoms. The number of rotatable bonds is 5. The van der Waals surface area contributed by atoms with Crippen molar-refractivity contribution in [2.45, 2.75) is 19.1 Å². The minimum Gasteiger partial charge on any atom is -0.388 e. The quantitative estimate of drug-likeness (QED) is 0.908. The standard InChI is InChI=1S/C16H16F2O2/c1-20-10-11-5-7-12(8-6-11)15(19)9-13-3-2-4-14(17)16(13)18/h2-8,15,19H,9-10H2,1H3. The Morgan fingerprint density at radius 1 is 1.10 bits per heavy atom. The molecule has 0 fully saturated rings. The summed E-state index contributed by atoms with van der Waals surface area (Å²) in [5.74, 6) is -1.80. The summed E-state index contributed by atoms with van der Waals surface area (Å²) in [4.78, 5) is 0. The molecule has 0 amide bonds. The summed E-state index contributed by atoms with van der Waals surface area (Å²) < 4.78 is 31.6. The number of aliphatic hydroxyl groups is 1. The molecule has 0 aliphatic heterocycles. The Kier molecular flexibility index (Phi) is 4.82. The first kappa shape index (κ1) is 14.6. The van der Waals surface area contributed by atoms with Crippen LogP contribution in [-0.2, 0) is 17.8 Å². The second-order valence-electron chi connectivity index (χ2n) is 4.61. The predicted octanol–water partition coefficient (Wildman–Crippen LogP) is 3.39. The summed E-state index contributed by atoms with van der Waals surface area (Å²) >= 11 is 0. The molecule has 2 aromatic carbocycles. The van der Waals surface area contributed by atoms with Crippen molar-refractivity contribution in [3.63, 3.8) is 0 Å². The SMILES string of the molecule is COCc1ccc(C(O)Cc2cccc(F)c2F)cc1. The molecule has 1 atom stereocenters. The van der Waals surface area contributed by atoms with Gasteiger partial charge >= 0.3 is 0 Å². The number of aliphatic hydroxyl groups excluding tert-OH is 1. The van der Waals surface area contributed by atoms with Crippen LogP contribution in [0.1, 0.15) is 22.8 Å². The Bertz CT molecular complexity index is 567. The average molecular weight is 278 g/mol. The van der Waals surface area contributed by atoms with E-state index in [1.54, 1.807) is 19.2 Å². The number of halogens is 2. The lowest BCUT2D eigenvalue weighted by Crippen LogP contribution is -2.05. The highest BCUT2D eigenvalue weighted by Gasteiger charge is 2.14. The minimum atomic E-state index is -0.900. The van der Waals surface area contributed by atoms with Gasteiger partial charge in [-0.3, -0.25) is 0 Å². The number of benzene rings is 2. The van der Waals surface area contributed by atoms with Gasteiger partial charge in [0.2, 0.25) is 0 Å². The van der Waals surface area contributed by atoms with Gasteiger partial charge < -0.3 is 9.84 Å². The van der Waals surface area contributed by atoms with E-state index in [4.69, 9.17) is 4.74 Å². The molecule has 1 N–H and O–H groups in total. The summed E-state index contributed by atoms with van der Waals surface area (Å²) in [6, 6.07) is 11.2. The molecule has 0 saturated heterocycles. The van der Waals surface area contributed by atoms with Crippen LogP contribution in [0, 0.1) is 11.6 Å². The Morgan fingerprint density at radius 2 is 1.80 bits per heavy atom. The van der Waals surface area contributed by atoms with Crippen molar-refractivity contribution in [1.29, 1.82) is 0 Å². The highest BCUT2D eigenvalue weighted by molar-refractivity contribution is 5.27. The Balaban J connectivity index is 2.11. The molecule has 2 nitrogen and oxygen atoms in total. The van der Waals surface area contributed by atoms with E-state index in [1.165, 1.54) is 12.1 Å². The van der Waals surface area contributed by atoms with E-state index < -0.39 is 17.7 Å². The minimum absolute atomic E-state index is 0.0349. The van der Waals surface area contributed by atoms with Crippen LogP contribution in [0.25, 0.3) is 0 Å². The van der Waals surface area contributed by atoms with Crippen LogP contribution in [0.3, 0.4) is 0 Å². The number of hydrogen-bond donors (Lipinski definition) is 1. The van der Waals surface area contributed by atoms with Crippen molar-refractivity contribution in [3.8, 4) is 0 Å². The highest BCUT2D eigenvalue weighted by atomic mass is 19.2. The fraction of sp³-hybridized carbons (Fsp3) is 0.250. The first-order valence-electron chi connectivity index (χ1n) is 6.30. The van der Waals surface area contributed by atoms with Crippen molar-refractivity contribution in [1.82, 2.24) is 0 Å². The molecule has 0 bridgehead atoms. The Hall–Kier alpha value is -1.78. The van der Waals surface area contributed by atoms with Gasteiger partial charge in [0, 0.05) is 13.5 Å². The van der Waals surface area contributed by atoms with Crippen LogP contribution >= 0.6 is 0 Å². The summed E-state index contributed by atoms with van der Waals surface area (Å²) in [7, 11) is 1.61. The van der Waals surface area contributed by atoms with Gasteiger partial charge in [0.05, 0.1) is 12.7 Å². The molecular weight excluding hydrogens is 262 g/mol. The molecule has 2 aromatic rings. The van der Waals surface area contributed by atoms with Gasteiger partial charge in [0.15, 0.2) is 11.6 Å². The van der Waals surface area contributed by atoms with E-state index in [-0.39, 0.29) is 12.0 Å². The molecule has 0 aliphatic carbocycles. The number of hydrogen-bond acceptors (Lipinski definition) is 2. The second kappa shape index (κ2) is 6.59. The Morgan fingerprint density at radius 3 is 2.45 bits per heavy atom. The van der Waals surface area contributed by atoms with E-state index in [9.17, 15) is 13.9 Å². The summed E-state index contributed by atoms with van der Waals surface area (Å²) in [5, 5.41) is 10.1. The lowest BCUT2D eigenvalue weighted by molar-refractivity contribution is 0.176. The molecule has 0 radical (unpaired) electrons. The third kappa shape index (κ3) is 3.40. The maximum absolute atomic E-state index is 13.5. The zero-order valence-electron chi connectivity index (χ0n) is 11.1. The van der Waals surface area contributed by atoms with Crippen LogP contribution in [0.2, 0.25) is 0 Å². The third-order valence-electron chi connectivity index (χ3n) is 3.12. The van der Waals surface area contributed by atoms with Gasteiger partial charge in [0.25, 0.3) is 0 Å². The molecule has 1 unspecified atom stereocenters. The van der Waals surface area contributed by atoms with Crippen LogP contribution in [0.4, 0.5) is 8.78 Å². The maximum atomic E-state index is 13.5. The molecule has 4 heteroatoms. The lowest BCUT2D eigenvalue weighted by Gasteiger charge is -2.12. The first-order chi connectivity index (χ1) is 9.61. The summed E-state index contributed by atoms with van der Waals surface area (Å²) in [6.45, 7) is 0.495. The highest BCUT2D eigenvalue weighted by Crippen LogP contribution is 2.21. The molecule has 2 rings (SSSR count). The van der Waals surface area contributed by atoms with Crippen molar-refractivity contribution in [2.24, 2.45) is 0 Å². The van der Waals surface area contributed by atoms with Crippen molar-refractivity contribution >= 4 is 0 Å². The molecular formula is C16H16F2O2. The van der Waals surface area contributed by atoms with Gasteiger partial charge in [-0.25, -0.2) is 8.78 Å². The predicted molar refractivity (Wildman–Crippen MR) is 72.2 cm³/mol. The van der Waals surface area contributed by atoms with Crippen molar-refractivity contribution in [3.05, 3.63) is 70.8 Å².